The van der Waals surface area contributed by atoms with Crippen molar-refractivity contribution in [2.45, 2.75) is 20.0 Å². The van der Waals surface area contributed by atoms with Crippen LogP contribution < -0.4 is 28.4 Å². The fraction of sp³-hybridized carbons (Fsp3) is 0.429. The first kappa shape index (κ1) is 31.1. The Kier molecular flexibility index (Phi) is 11.7. The van der Waals surface area contributed by atoms with E-state index in [0.29, 0.717) is 28.6 Å². The van der Waals surface area contributed by atoms with Gasteiger partial charge in [-0.1, -0.05) is 0 Å². The minimum absolute atomic E-state index is 0.000900. The first-order valence-electron chi connectivity index (χ1n) is 12.1. The third-order valence-electron chi connectivity index (χ3n) is 5.80. The second kappa shape index (κ2) is 14.7. The van der Waals surface area contributed by atoms with Crippen molar-refractivity contribution in [1.29, 1.82) is 0 Å². The predicted molar refractivity (Wildman–Crippen MR) is 142 cm³/mol. The molecule has 214 valence electrons. The van der Waals surface area contributed by atoms with Gasteiger partial charge in [-0.25, -0.2) is 4.79 Å². The molecule has 0 aliphatic rings. The smallest absolute Gasteiger partial charge is 0.335 e. The van der Waals surface area contributed by atoms with E-state index in [1.165, 1.54) is 60.9 Å². The molecule has 1 N–H and O–H groups in total. The molecule has 11 nitrogen and oxygen atoms in total. The summed E-state index contributed by atoms with van der Waals surface area (Å²) in [7, 11) is 8.64. The van der Waals surface area contributed by atoms with Crippen molar-refractivity contribution < 1.29 is 52.6 Å². The number of hydrogen-bond acceptors (Lipinski definition) is 11. The molecule has 2 unspecified atom stereocenters. The highest BCUT2D eigenvalue weighted by Gasteiger charge is 2.39. The first-order valence-corrected chi connectivity index (χ1v) is 12.1. The van der Waals surface area contributed by atoms with Gasteiger partial charge < -0.3 is 43.0 Å². The summed E-state index contributed by atoms with van der Waals surface area (Å²) in [5.41, 5.74) is 0.326. The van der Waals surface area contributed by atoms with Gasteiger partial charge in [0.1, 0.15) is 23.5 Å². The Morgan fingerprint density at radius 1 is 0.692 bits per heavy atom. The van der Waals surface area contributed by atoms with Crippen LogP contribution >= 0.6 is 0 Å². The van der Waals surface area contributed by atoms with Crippen LogP contribution in [0.5, 0.6) is 34.5 Å². The van der Waals surface area contributed by atoms with Gasteiger partial charge in [-0.3, -0.25) is 4.79 Å². The molecule has 0 heterocycles. The maximum absolute atomic E-state index is 13.4. The molecule has 11 heteroatoms. The average Bonchev–Trinajstić information content (AvgIpc) is 2.95. The predicted octanol–water partition coefficient (Wildman–Crippen LogP) is 3.60. The van der Waals surface area contributed by atoms with Gasteiger partial charge in [-0.2, -0.15) is 0 Å². The van der Waals surface area contributed by atoms with Gasteiger partial charge >= 0.3 is 11.9 Å². The number of aliphatic hydroxyl groups excluding tert-OH is 1. The van der Waals surface area contributed by atoms with Crippen LogP contribution in [0, 0.1) is 5.92 Å². The number of hydrogen-bond donors (Lipinski definition) is 1. The number of rotatable bonds is 14. The highest BCUT2D eigenvalue weighted by molar-refractivity contribution is 6.00. The van der Waals surface area contributed by atoms with E-state index in [1.54, 1.807) is 26.0 Å². The minimum atomic E-state index is -1.62. The number of carbonyl (C=O) groups is 2. The fourth-order valence-corrected chi connectivity index (χ4v) is 3.94. The second-order valence-corrected chi connectivity index (χ2v) is 7.89. The van der Waals surface area contributed by atoms with E-state index in [9.17, 15) is 14.7 Å². The topological polar surface area (TPSA) is 128 Å². The number of carbonyl (C=O) groups excluding carboxylic acids is 2. The number of benzene rings is 2. The normalized spacial score (nSPS) is 12.6. The molecule has 0 saturated heterocycles. The van der Waals surface area contributed by atoms with E-state index < -0.39 is 24.0 Å². The SMILES string of the molecule is CCOC(=O)/C(=C/c1cc(OC)c(OC)cc1OC)C(C(=O)OCC)C(O)c1cc(OC)c(OC)cc1OC. The molecule has 0 bridgehead atoms. The zero-order chi connectivity index (χ0) is 29.1. The summed E-state index contributed by atoms with van der Waals surface area (Å²) in [6.07, 6.45) is -0.239. The van der Waals surface area contributed by atoms with E-state index in [4.69, 9.17) is 37.9 Å². The molecular weight excluding hydrogens is 512 g/mol. The van der Waals surface area contributed by atoms with Gasteiger partial charge in [0.2, 0.25) is 0 Å². The van der Waals surface area contributed by atoms with Gasteiger partial charge in [0.25, 0.3) is 0 Å². The highest BCUT2D eigenvalue weighted by Crippen LogP contribution is 2.43. The molecule has 0 aliphatic heterocycles. The van der Waals surface area contributed by atoms with Crippen LogP contribution in [-0.2, 0) is 19.1 Å². The monoisotopic (exact) mass is 548 g/mol. The van der Waals surface area contributed by atoms with Crippen LogP contribution in [0.25, 0.3) is 6.08 Å². The second-order valence-electron chi connectivity index (χ2n) is 7.89. The van der Waals surface area contributed by atoms with E-state index >= 15 is 0 Å². The molecule has 0 aromatic heterocycles. The Morgan fingerprint density at radius 3 is 1.64 bits per heavy atom. The zero-order valence-corrected chi connectivity index (χ0v) is 23.5. The summed E-state index contributed by atoms with van der Waals surface area (Å²) in [5, 5.41) is 11.6. The molecular formula is C28H36O11. The van der Waals surface area contributed by atoms with Gasteiger partial charge in [0, 0.05) is 23.3 Å². The van der Waals surface area contributed by atoms with Crippen LogP contribution in [0.1, 0.15) is 31.1 Å². The number of aliphatic hydroxyl groups is 1. The van der Waals surface area contributed by atoms with Crippen molar-refractivity contribution in [3.8, 4) is 34.5 Å². The van der Waals surface area contributed by atoms with Crippen molar-refractivity contribution in [3.05, 3.63) is 41.0 Å². The molecule has 0 aliphatic carbocycles. The maximum atomic E-state index is 13.4. The summed E-state index contributed by atoms with van der Waals surface area (Å²) >= 11 is 0. The van der Waals surface area contributed by atoms with Crippen molar-refractivity contribution in [1.82, 2.24) is 0 Å². The number of methoxy groups -OCH3 is 6. The molecule has 2 atom stereocenters. The third kappa shape index (κ3) is 7.05. The van der Waals surface area contributed by atoms with Crippen molar-refractivity contribution >= 4 is 18.0 Å². The fourth-order valence-electron chi connectivity index (χ4n) is 3.94. The average molecular weight is 549 g/mol. The van der Waals surface area contributed by atoms with Gasteiger partial charge in [-0.05, 0) is 32.1 Å². The highest BCUT2D eigenvalue weighted by atomic mass is 16.5. The van der Waals surface area contributed by atoms with Gasteiger partial charge in [-0.15, -0.1) is 0 Å². The molecule has 0 amide bonds. The van der Waals surface area contributed by atoms with E-state index in [1.807, 2.05) is 0 Å². The zero-order valence-electron chi connectivity index (χ0n) is 23.5. The molecule has 2 rings (SSSR count). The Morgan fingerprint density at radius 2 is 1.15 bits per heavy atom. The lowest BCUT2D eigenvalue weighted by Gasteiger charge is -2.25. The van der Waals surface area contributed by atoms with Gasteiger partial charge in [0.05, 0.1) is 61.4 Å². The lowest BCUT2D eigenvalue weighted by molar-refractivity contribution is -0.153. The van der Waals surface area contributed by atoms with E-state index in [2.05, 4.69) is 0 Å². The Hall–Kier alpha value is -4.12. The summed E-state index contributed by atoms with van der Waals surface area (Å²) in [5.74, 6) is -1.37. The van der Waals surface area contributed by atoms with Crippen molar-refractivity contribution in [2.24, 2.45) is 5.92 Å². The Bertz CT molecular complexity index is 1170. The lowest BCUT2D eigenvalue weighted by Crippen LogP contribution is -2.31. The summed E-state index contributed by atoms with van der Waals surface area (Å²) in [6.45, 7) is 3.26. The first-order chi connectivity index (χ1) is 18.7. The van der Waals surface area contributed by atoms with Crippen LogP contribution in [0.3, 0.4) is 0 Å². The van der Waals surface area contributed by atoms with Crippen LogP contribution in [0.2, 0.25) is 0 Å². The largest absolute Gasteiger partial charge is 0.496 e. The summed E-state index contributed by atoms with van der Waals surface area (Å²) in [6, 6.07) is 6.11. The van der Waals surface area contributed by atoms with Crippen LogP contribution in [0.4, 0.5) is 0 Å². The molecule has 0 saturated carbocycles. The Balaban J connectivity index is 2.87. The summed E-state index contributed by atoms with van der Waals surface area (Å²) in [4.78, 5) is 26.7. The van der Waals surface area contributed by atoms with Crippen molar-refractivity contribution in [3.63, 3.8) is 0 Å². The molecule has 39 heavy (non-hydrogen) atoms. The van der Waals surface area contributed by atoms with E-state index in [0.717, 1.165) is 0 Å². The molecule has 2 aromatic carbocycles. The molecule has 0 fully saturated rings. The minimum Gasteiger partial charge on any atom is -0.496 e. The number of esters is 2. The third-order valence-corrected chi connectivity index (χ3v) is 5.80. The van der Waals surface area contributed by atoms with Gasteiger partial charge in [0.15, 0.2) is 23.0 Å². The van der Waals surface area contributed by atoms with E-state index in [-0.39, 0.29) is 35.8 Å². The Labute approximate surface area is 228 Å². The van der Waals surface area contributed by atoms with Crippen LogP contribution in [-0.4, -0.2) is 72.9 Å². The summed E-state index contributed by atoms with van der Waals surface area (Å²) < 4.78 is 43.0. The number of ether oxygens (including phenoxy) is 8. The molecule has 0 spiro atoms. The molecule has 0 radical (unpaired) electrons. The van der Waals surface area contributed by atoms with Crippen LogP contribution in [0.15, 0.2) is 29.8 Å². The lowest BCUT2D eigenvalue weighted by atomic mass is 9.86. The maximum Gasteiger partial charge on any atom is 0.335 e. The quantitative estimate of drug-likeness (QED) is 0.275. The molecule has 2 aromatic rings. The standard InChI is InChI=1S/C28H36O11/c1-9-38-27(30)18(11-16-12-21(34-5)23(36-7)14-19(16)32-3)25(28(31)39-10-2)26(29)17-13-22(35-6)24(37-8)15-20(17)33-4/h11-15,25-26,29H,9-10H2,1-8H3/b18-11+. The van der Waals surface area contributed by atoms with Crippen molar-refractivity contribution in [2.75, 3.05) is 55.9 Å².